The van der Waals surface area contributed by atoms with Crippen molar-refractivity contribution < 1.29 is 14.3 Å². The summed E-state index contributed by atoms with van der Waals surface area (Å²) >= 11 is 0. The number of nitrogens with zero attached hydrogens (tertiary/aromatic N) is 3. The summed E-state index contributed by atoms with van der Waals surface area (Å²) in [5, 5.41) is 6.96. The van der Waals surface area contributed by atoms with E-state index in [-0.39, 0.29) is 24.3 Å². The molecule has 1 aliphatic rings. The third-order valence-corrected chi connectivity index (χ3v) is 4.04. The Morgan fingerprint density at radius 1 is 1.38 bits per heavy atom. The zero-order valence-corrected chi connectivity index (χ0v) is 13.7. The molecule has 1 fully saturated rings. The van der Waals surface area contributed by atoms with Gasteiger partial charge in [-0.05, 0) is 12.1 Å². The smallest absolute Gasteiger partial charge is 0.254 e. The van der Waals surface area contributed by atoms with E-state index in [0.717, 1.165) is 5.69 Å². The lowest BCUT2D eigenvalue weighted by atomic mass is 10.1. The highest BCUT2D eigenvalue weighted by Gasteiger charge is 2.33. The average molecular weight is 328 g/mol. The van der Waals surface area contributed by atoms with E-state index in [4.69, 9.17) is 4.74 Å². The molecule has 1 aliphatic heterocycles. The monoisotopic (exact) mass is 328 g/mol. The Labute approximate surface area is 140 Å². The van der Waals surface area contributed by atoms with Crippen LogP contribution in [0.5, 0.6) is 0 Å². The highest BCUT2D eigenvalue weighted by atomic mass is 16.5. The van der Waals surface area contributed by atoms with E-state index in [0.29, 0.717) is 12.1 Å². The molecule has 2 atom stereocenters. The minimum Gasteiger partial charge on any atom is -0.367 e. The molecular formula is C17H20N4O3. The number of aryl methyl sites for hydroxylation is 1. The lowest BCUT2D eigenvalue weighted by Gasteiger charge is -2.19. The summed E-state index contributed by atoms with van der Waals surface area (Å²) in [5.74, 6) is -0.264. The van der Waals surface area contributed by atoms with Gasteiger partial charge in [0.2, 0.25) is 5.91 Å². The topological polar surface area (TPSA) is 76.5 Å². The SMILES string of the molecule is COC(C(=O)NC1CC(=O)N(c2ccccc2)C1)c1cnn(C)c1. The first-order chi connectivity index (χ1) is 11.6. The van der Waals surface area contributed by atoms with Gasteiger partial charge in [-0.15, -0.1) is 0 Å². The molecule has 1 N–H and O–H groups in total. The second-order valence-corrected chi connectivity index (χ2v) is 5.81. The number of benzene rings is 1. The van der Waals surface area contributed by atoms with Crippen LogP contribution in [0.1, 0.15) is 18.1 Å². The Bertz CT molecular complexity index is 728. The number of methoxy groups -OCH3 is 1. The zero-order valence-electron chi connectivity index (χ0n) is 13.7. The van der Waals surface area contributed by atoms with Gasteiger partial charge < -0.3 is 15.0 Å². The molecule has 1 aromatic carbocycles. The van der Waals surface area contributed by atoms with Gasteiger partial charge >= 0.3 is 0 Å². The van der Waals surface area contributed by atoms with Crippen LogP contribution in [-0.4, -0.2) is 41.3 Å². The largest absolute Gasteiger partial charge is 0.367 e. The van der Waals surface area contributed by atoms with Gasteiger partial charge in [0.15, 0.2) is 6.10 Å². The number of ether oxygens (including phenoxy) is 1. The molecule has 24 heavy (non-hydrogen) atoms. The lowest BCUT2D eigenvalue weighted by Crippen LogP contribution is -2.40. The Kier molecular flexibility index (Phi) is 4.61. The highest BCUT2D eigenvalue weighted by Crippen LogP contribution is 2.22. The van der Waals surface area contributed by atoms with E-state index in [1.54, 1.807) is 29.0 Å². The summed E-state index contributed by atoms with van der Waals surface area (Å²) in [5.41, 5.74) is 1.52. The summed E-state index contributed by atoms with van der Waals surface area (Å²) < 4.78 is 6.91. The van der Waals surface area contributed by atoms with Gasteiger partial charge in [-0.1, -0.05) is 18.2 Å². The molecule has 0 spiro atoms. The van der Waals surface area contributed by atoms with Crippen LogP contribution < -0.4 is 10.2 Å². The van der Waals surface area contributed by atoms with Gasteiger partial charge in [0.1, 0.15) is 0 Å². The number of para-hydroxylation sites is 1. The van der Waals surface area contributed by atoms with Crippen molar-refractivity contribution in [2.24, 2.45) is 7.05 Å². The molecule has 2 heterocycles. The molecule has 0 bridgehead atoms. The number of aromatic nitrogens is 2. The first kappa shape index (κ1) is 16.2. The number of carbonyl (C=O) groups excluding carboxylic acids is 2. The number of rotatable bonds is 5. The predicted octanol–water partition coefficient (Wildman–Crippen LogP) is 1.03. The van der Waals surface area contributed by atoms with Gasteiger partial charge in [0.05, 0.1) is 12.2 Å². The van der Waals surface area contributed by atoms with Gasteiger partial charge in [-0.25, -0.2) is 0 Å². The first-order valence-electron chi connectivity index (χ1n) is 7.75. The van der Waals surface area contributed by atoms with Gasteiger partial charge in [-0.2, -0.15) is 5.10 Å². The first-order valence-corrected chi connectivity index (χ1v) is 7.75. The Morgan fingerprint density at radius 3 is 2.75 bits per heavy atom. The zero-order chi connectivity index (χ0) is 17.1. The molecular weight excluding hydrogens is 308 g/mol. The maximum Gasteiger partial charge on any atom is 0.254 e. The van der Waals surface area contributed by atoms with E-state index in [1.165, 1.54) is 7.11 Å². The molecule has 2 amide bonds. The van der Waals surface area contributed by atoms with Crippen LogP contribution >= 0.6 is 0 Å². The summed E-state index contributed by atoms with van der Waals surface area (Å²) in [6.45, 7) is 0.456. The molecule has 2 aromatic rings. The van der Waals surface area contributed by atoms with Gasteiger partial charge in [0, 0.05) is 44.6 Å². The molecule has 1 aromatic heterocycles. The van der Waals surface area contributed by atoms with Crippen molar-refractivity contribution in [2.75, 3.05) is 18.6 Å². The van der Waals surface area contributed by atoms with E-state index in [9.17, 15) is 9.59 Å². The van der Waals surface area contributed by atoms with Crippen molar-refractivity contribution >= 4 is 17.5 Å². The number of amides is 2. The number of hydrogen-bond donors (Lipinski definition) is 1. The molecule has 1 saturated heterocycles. The van der Waals surface area contributed by atoms with Crippen LogP contribution in [0.25, 0.3) is 0 Å². The van der Waals surface area contributed by atoms with Gasteiger partial charge in [0.25, 0.3) is 5.91 Å². The van der Waals surface area contributed by atoms with Crippen molar-refractivity contribution in [2.45, 2.75) is 18.6 Å². The van der Waals surface area contributed by atoms with Crippen LogP contribution in [0.15, 0.2) is 42.7 Å². The van der Waals surface area contributed by atoms with E-state index >= 15 is 0 Å². The molecule has 0 radical (unpaired) electrons. The van der Waals surface area contributed by atoms with Crippen LogP contribution in [0, 0.1) is 0 Å². The average Bonchev–Trinajstić information content (AvgIpc) is 3.15. The second-order valence-electron chi connectivity index (χ2n) is 5.81. The minimum absolute atomic E-state index is 0.00171. The number of carbonyl (C=O) groups is 2. The van der Waals surface area contributed by atoms with Gasteiger partial charge in [-0.3, -0.25) is 14.3 Å². The molecule has 2 unspecified atom stereocenters. The van der Waals surface area contributed by atoms with Crippen LogP contribution in [0.3, 0.4) is 0 Å². The molecule has 7 heteroatoms. The fraction of sp³-hybridized carbons (Fsp3) is 0.353. The normalized spacial score (nSPS) is 18.7. The third kappa shape index (κ3) is 3.30. The molecule has 0 aliphatic carbocycles. The molecule has 126 valence electrons. The molecule has 0 saturated carbocycles. The number of hydrogen-bond acceptors (Lipinski definition) is 4. The van der Waals surface area contributed by atoms with E-state index in [2.05, 4.69) is 10.4 Å². The van der Waals surface area contributed by atoms with Crippen molar-refractivity contribution in [3.8, 4) is 0 Å². The predicted molar refractivity (Wildman–Crippen MR) is 88.3 cm³/mol. The quantitative estimate of drug-likeness (QED) is 0.889. The van der Waals surface area contributed by atoms with E-state index < -0.39 is 6.10 Å². The van der Waals surface area contributed by atoms with Crippen molar-refractivity contribution in [3.63, 3.8) is 0 Å². The summed E-state index contributed by atoms with van der Waals surface area (Å²) in [6, 6.07) is 9.21. The maximum atomic E-state index is 12.5. The highest BCUT2D eigenvalue weighted by molar-refractivity contribution is 5.97. The molecule has 3 rings (SSSR count). The lowest BCUT2D eigenvalue weighted by molar-refractivity contribution is -0.132. The van der Waals surface area contributed by atoms with Crippen LogP contribution in [0.2, 0.25) is 0 Å². The standard InChI is InChI=1S/C17H20N4O3/c1-20-10-12(9-18-20)16(24-2)17(23)19-13-8-15(22)21(11-13)14-6-4-3-5-7-14/h3-7,9-10,13,16H,8,11H2,1-2H3,(H,19,23). The Morgan fingerprint density at radius 2 is 2.12 bits per heavy atom. The second kappa shape index (κ2) is 6.84. The summed E-state index contributed by atoms with van der Waals surface area (Å²) in [4.78, 5) is 26.4. The van der Waals surface area contributed by atoms with Crippen LogP contribution in [-0.2, 0) is 21.4 Å². The summed E-state index contributed by atoms with van der Waals surface area (Å²) in [6.07, 6.45) is 2.89. The van der Waals surface area contributed by atoms with Crippen molar-refractivity contribution in [1.29, 1.82) is 0 Å². The van der Waals surface area contributed by atoms with Crippen molar-refractivity contribution in [1.82, 2.24) is 15.1 Å². The van der Waals surface area contributed by atoms with Crippen LogP contribution in [0.4, 0.5) is 5.69 Å². The van der Waals surface area contributed by atoms with E-state index in [1.807, 2.05) is 30.3 Å². The Balaban J connectivity index is 1.66. The summed E-state index contributed by atoms with van der Waals surface area (Å²) in [7, 11) is 3.26. The number of nitrogens with one attached hydrogen (secondary N) is 1. The fourth-order valence-corrected chi connectivity index (χ4v) is 2.91. The third-order valence-electron chi connectivity index (χ3n) is 4.04. The fourth-order valence-electron chi connectivity index (χ4n) is 2.91. The molecule has 7 nitrogen and oxygen atoms in total. The Hall–Kier alpha value is -2.67. The number of anilines is 1. The maximum absolute atomic E-state index is 12.5. The van der Waals surface area contributed by atoms with Crippen molar-refractivity contribution in [3.05, 3.63) is 48.3 Å². The minimum atomic E-state index is -0.737.